The van der Waals surface area contributed by atoms with Gasteiger partial charge in [-0.1, -0.05) is 0 Å². The molecule has 0 radical (unpaired) electrons. The fourth-order valence-corrected chi connectivity index (χ4v) is 1.60. The highest BCUT2D eigenvalue weighted by Gasteiger charge is 2.11. The number of phenols is 2. The van der Waals surface area contributed by atoms with Crippen LogP contribution < -0.4 is 5.32 Å². The lowest BCUT2D eigenvalue weighted by Crippen LogP contribution is -2.22. The van der Waals surface area contributed by atoms with Crippen LogP contribution in [0.4, 0.5) is 0 Å². The number of amides is 1. The molecule has 1 heterocycles. The molecule has 3 N–H and O–H groups in total. The average Bonchev–Trinajstić information content (AvgIpc) is 2.64. The van der Waals surface area contributed by atoms with Crippen molar-refractivity contribution in [1.29, 1.82) is 0 Å². The van der Waals surface area contributed by atoms with Gasteiger partial charge in [0.1, 0.15) is 17.3 Å². The van der Waals surface area contributed by atoms with Gasteiger partial charge in [0.15, 0.2) is 0 Å². The van der Waals surface area contributed by atoms with Crippen LogP contribution >= 0.6 is 0 Å². The smallest absolute Gasteiger partial charge is 0.251 e. The van der Waals surface area contributed by atoms with E-state index in [1.165, 1.54) is 12.1 Å². The van der Waals surface area contributed by atoms with Crippen molar-refractivity contribution in [2.24, 2.45) is 0 Å². The summed E-state index contributed by atoms with van der Waals surface area (Å²) in [6.45, 7) is 3.75. The first-order chi connectivity index (χ1) is 8.95. The number of benzene rings is 1. The lowest BCUT2D eigenvalue weighted by molar-refractivity contribution is 0.0946. The number of carbonyl (C=O) groups is 1. The van der Waals surface area contributed by atoms with Gasteiger partial charge in [0.2, 0.25) is 5.89 Å². The Hall–Kier alpha value is -2.50. The first-order valence-electron chi connectivity index (χ1n) is 5.70. The minimum Gasteiger partial charge on any atom is -0.508 e. The molecule has 0 aliphatic carbocycles. The summed E-state index contributed by atoms with van der Waals surface area (Å²) in [6, 6.07) is 3.68. The van der Waals surface area contributed by atoms with Crippen molar-refractivity contribution in [3.05, 3.63) is 41.1 Å². The Kier molecular flexibility index (Phi) is 3.41. The molecule has 0 saturated carbocycles. The Balaban J connectivity index is 2.05. The molecule has 0 saturated heterocycles. The molecule has 0 aliphatic rings. The molecule has 1 amide bonds. The lowest BCUT2D eigenvalue weighted by atomic mass is 10.2. The number of hydrogen-bond acceptors (Lipinski definition) is 5. The molecular formula is C13H14N2O4. The second-order valence-electron chi connectivity index (χ2n) is 4.17. The Bertz CT molecular complexity index is 579. The van der Waals surface area contributed by atoms with Crippen molar-refractivity contribution < 1.29 is 19.4 Å². The highest BCUT2D eigenvalue weighted by Crippen LogP contribution is 2.20. The van der Waals surface area contributed by atoms with Crippen LogP contribution in [0.15, 0.2) is 22.6 Å². The number of rotatable bonds is 3. The minimum atomic E-state index is -0.431. The van der Waals surface area contributed by atoms with E-state index < -0.39 is 5.91 Å². The van der Waals surface area contributed by atoms with E-state index >= 15 is 0 Å². The maximum atomic E-state index is 11.8. The van der Waals surface area contributed by atoms with Crippen LogP contribution in [-0.2, 0) is 6.54 Å². The van der Waals surface area contributed by atoms with Gasteiger partial charge in [-0.3, -0.25) is 4.79 Å². The maximum absolute atomic E-state index is 11.8. The fraction of sp³-hybridized carbons (Fsp3) is 0.231. The summed E-state index contributed by atoms with van der Waals surface area (Å²) in [6.07, 6.45) is 0. The first kappa shape index (κ1) is 12.9. The standard InChI is InChI=1S/C13H14N2O4/c1-7-8(2)19-12(15-7)6-14-13(18)9-3-10(16)5-11(17)4-9/h3-5,16-17H,6H2,1-2H3,(H,14,18). The average molecular weight is 262 g/mol. The Morgan fingerprint density at radius 3 is 2.42 bits per heavy atom. The van der Waals surface area contributed by atoms with Crippen molar-refractivity contribution in [1.82, 2.24) is 10.3 Å². The van der Waals surface area contributed by atoms with E-state index in [1.807, 2.05) is 6.92 Å². The van der Waals surface area contributed by atoms with E-state index in [0.29, 0.717) is 11.7 Å². The van der Waals surface area contributed by atoms with E-state index in [1.54, 1.807) is 6.92 Å². The van der Waals surface area contributed by atoms with Crippen LogP contribution in [0.5, 0.6) is 11.5 Å². The molecule has 0 unspecified atom stereocenters. The lowest BCUT2D eigenvalue weighted by Gasteiger charge is -2.04. The predicted octanol–water partition coefficient (Wildman–Crippen LogP) is 1.63. The number of nitrogens with zero attached hydrogens (tertiary/aromatic N) is 1. The highest BCUT2D eigenvalue weighted by molar-refractivity contribution is 5.94. The summed E-state index contributed by atoms with van der Waals surface area (Å²) >= 11 is 0. The molecule has 1 aromatic heterocycles. The fourth-order valence-electron chi connectivity index (χ4n) is 1.60. The largest absolute Gasteiger partial charge is 0.508 e. The number of aromatic nitrogens is 1. The zero-order chi connectivity index (χ0) is 14.0. The number of oxazole rings is 1. The highest BCUT2D eigenvalue weighted by atomic mass is 16.4. The zero-order valence-corrected chi connectivity index (χ0v) is 10.6. The topological polar surface area (TPSA) is 95.6 Å². The van der Waals surface area contributed by atoms with Gasteiger partial charge in [-0.15, -0.1) is 0 Å². The number of carbonyl (C=O) groups excluding carboxylic acids is 1. The summed E-state index contributed by atoms with van der Waals surface area (Å²) in [7, 11) is 0. The van der Waals surface area contributed by atoms with Gasteiger partial charge in [-0.25, -0.2) is 4.98 Å². The molecule has 1 aromatic carbocycles. The summed E-state index contributed by atoms with van der Waals surface area (Å²) in [5, 5.41) is 21.2. The van der Waals surface area contributed by atoms with Crippen LogP contribution in [-0.4, -0.2) is 21.1 Å². The minimum absolute atomic E-state index is 0.143. The van der Waals surface area contributed by atoms with Crippen molar-refractivity contribution in [2.75, 3.05) is 0 Å². The summed E-state index contributed by atoms with van der Waals surface area (Å²) in [5.41, 5.74) is 0.941. The van der Waals surface area contributed by atoms with Crippen LogP contribution in [0, 0.1) is 13.8 Å². The van der Waals surface area contributed by atoms with Gasteiger partial charge in [0.05, 0.1) is 12.2 Å². The van der Waals surface area contributed by atoms with E-state index in [4.69, 9.17) is 4.42 Å². The Morgan fingerprint density at radius 2 is 1.89 bits per heavy atom. The van der Waals surface area contributed by atoms with Crippen molar-refractivity contribution in [3.8, 4) is 11.5 Å². The molecule has 100 valence electrons. The second kappa shape index (κ2) is 5.01. The van der Waals surface area contributed by atoms with Crippen LogP contribution in [0.2, 0.25) is 0 Å². The van der Waals surface area contributed by atoms with Crippen molar-refractivity contribution in [2.45, 2.75) is 20.4 Å². The number of hydrogen-bond donors (Lipinski definition) is 3. The number of aryl methyl sites for hydroxylation is 2. The summed E-state index contributed by atoms with van der Waals surface area (Å²) in [4.78, 5) is 15.9. The molecule has 6 heteroatoms. The van der Waals surface area contributed by atoms with Crippen LogP contribution in [0.1, 0.15) is 27.7 Å². The van der Waals surface area contributed by atoms with Gasteiger partial charge in [-0.2, -0.15) is 0 Å². The third-order valence-electron chi connectivity index (χ3n) is 2.64. The molecule has 0 aliphatic heterocycles. The van der Waals surface area contributed by atoms with Gasteiger partial charge in [-0.05, 0) is 26.0 Å². The van der Waals surface area contributed by atoms with Gasteiger partial charge < -0.3 is 19.9 Å². The van der Waals surface area contributed by atoms with Gasteiger partial charge in [0, 0.05) is 11.6 Å². The van der Waals surface area contributed by atoms with E-state index in [-0.39, 0.29) is 23.6 Å². The van der Waals surface area contributed by atoms with E-state index in [9.17, 15) is 15.0 Å². The number of phenolic OH excluding ortho intramolecular Hbond substituents is 2. The molecule has 2 rings (SSSR count). The number of nitrogens with one attached hydrogen (secondary N) is 1. The Morgan fingerprint density at radius 1 is 1.26 bits per heavy atom. The van der Waals surface area contributed by atoms with Crippen LogP contribution in [0.25, 0.3) is 0 Å². The predicted molar refractivity (Wildman–Crippen MR) is 66.9 cm³/mol. The Labute approximate surface area is 109 Å². The summed E-state index contributed by atoms with van der Waals surface area (Å²) in [5.74, 6) is 0.340. The normalized spacial score (nSPS) is 10.4. The SMILES string of the molecule is Cc1nc(CNC(=O)c2cc(O)cc(O)c2)oc1C. The maximum Gasteiger partial charge on any atom is 0.251 e. The quantitative estimate of drug-likeness (QED) is 0.781. The molecule has 0 spiro atoms. The molecule has 6 nitrogen and oxygen atoms in total. The molecule has 0 atom stereocenters. The molecule has 19 heavy (non-hydrogen) atoms. The molecule has 0 bridgehead atoms. The van der Waals surface area contributed by atoms with Crippen LogP contribution in [0.3, 0.4) is 0 Å². The molecule has 2 aromatic rings. The zero-order valence-electron chi connectivity index (χ0n) is 10.6. The molecular weight excluding hydrogens is 248 g/mol. The van der Waals surface area contributed by atoms with E-state index in [2.05, 4.69) is 10.3 Å². The monoisotopic (exact) mass is 262 g/mol. The van der Waals surface area contributed by atoms with Crippen molar-refractivity contribution >= 4 is 5.91 Å². The molecule has 0 fully saturated rings. The number of aromatic hydroxyl groups is 2. The van der Waals surface area contributed by atoms with Crippen molar-refractivity contribution in [3.63, 3.8) is 0 Å². The second-order valence-corrected chi connectivity index (χ2v) is 4.17. The summed E-state index contributed by atoms with van der Waals surface area (Å²) < 4.78 is 5.32. The first-order valence-corrected chi connectivity index (χ1v) is 5.70. The van der Waals surface area contributed by atoms with Gasteiger partial charge >= 0.3 is 0 Å². The third kappa shape index (κ3) is 3.04. The van der Waals surface area contributed by atoms with Gasteiger partial charge in [0.25, 0.3) is 5.91 Å². The van der Waals surface area contributed by atoms with E-state index in [0.717, 1.165) is 11.8 Å². The third-order valence-corrected chi connectivity index (χ3v) is 2.64.